The van der Waals surface area contributed by atoms with E-state index in [-0.39, 0.29) is 0 Å². The zero-order valence-corrected chi connectivity index (χ0v) is 10.8. The van der Waals surface area contributed by atoms with Crippen LogP contribution in [0.15, 0.2) is 36.4 Å². The van der Waals surface area contributed by atoms with Gasteiger partial charge in [0.05, 0.1) is 22.0 Å². The molecule has 5 heteroatoms. The first kappa shape index (κ1) is 12.6. The lowest BCUT2D eigenvalue weighted by Gasteiger charge is -2.09. The molecule has 0 atom stereocenters. The average molecular weight is 278 g/mol. The van der Waals surface area contributed by atoms with Crippen molar-refractivity contribution in [3.63, 3.8) is 0 Å². The number of nitrogens with two attached hydrogens (primary N) is 1. The van der Waals surface area contributed by atoms with Gasteiger partial charge in [0, 0.05) is 10.7 Å². The smallest absolute Gasteiger partial charge is 0.101 e. The van der Waals surface area contributed by atoms with Crippen molar-refractivity contribution in [1.82, 2.24) is 0 Å². The average Bonchev–Trinajstić information content (AvgIpc) is 2.33. The van der Waals surface area contributed by atoms with Crippen LogP contribution in [0.4, 0.5) is 17.1 Å². The molecule has 3 N–H and O–H groups in total. The molecular formula is C13H9Cl2N3. The van der Waals surface area contributed by atoms with Gasteiger partial charge in [-0.2, -0.15) is 5.26 Å². The molecule has 0 aliphatic heterocycles. The standard InChI is InChI=1S/C13H9Cl2N3/c14-9-2-4-13(11(15)5-9)18-10-3-1-8(7-16)12(17)6-10/h1-6,18H,17H2. The molecule has 0 saturated carbocycles. The Hall–Kier alpha value is -1.89. The van der Waals surface area contributed by atoms with Crippen molar-refractivity contribution < 1.29 is 0 Å². The van der Waals surface area contributed by atoms with Gasteiger partial charge in [0.25, 0.3) is 0 Å². The Morgan fingerprint density at radius 3 is 2.50 bits per heavy atom. The summed E-state index contributed by atoms with van der Waals surface area (Å²) in [6.07, 6.45) is 0. The minimum absolute atomic E-state index is 0.424. The summed E-state index contributed by atoms with van der Waals surface area (Å²) in [5.74, 6) is 0. The first-order valence-electron chi connectivity index (χ1n) is 5.12. The number of halogens is 2. The van der Waals surface area contributed by atoms with Crippen LogP contribution in [0.1, 0.15) is 5.56 Å². The Morgan fingerprint density at radius 2 is 1.89 bits per heavy atom. The van der Waals surface area contributed by atoms with Crippen molar-refractivity contribution in [1.29, 1.82) is 5.26 Å². The van der Waals surface area contributed by atoms with Gasteiger partial charge in [0.15, 0.2) is 0 Å². The Labute approximate surface area is 115 Å². The molecule has 0 aliphatic carbocycles. The van der Waals surface area contributed by atoms with Gasteiger partial charge in [-0.25, -0.2) is 0 Å². The fourth-order valence-corrected chi connectivity index (χ4v) is 1.94. The van der Waals surface area contributed by atoms with E-state index in [9.17, 15) is 0 Å². The number of nitrogens with zero attached hydrogens (tertiary/aromatic N) is 1. The van der Waals surface area contributed by atoms with E-state index in [1.165, 1.54) is 0 Å². The molecule has 0 radical (unpaired) electrons. The third-order valence-electron chi connectivity index (χ3n) is 2.38. The van der Waals surface area contributed by atoms with Gasteiger partial charge >= 0.3 is 0 Å². The number of anilines is 3. The van der Waals surface area contributed by atoms with Crippen molar-refractivity contribution in [3.05, 3.63) is 52.0 Å². The molecule has 0 fully saturated rings. The van der Waals surface area contributed by atoms with E-state index in [1.807, 2.05) is 6.07 Å². The van der Waals surface area contributed by atoms with E-state index in [0.717, 1.165) is 11.4 Å². The van der Waals surface area contributed by atoms with Crippen LogP contribution >= 0.6 is 23.2 Å². The van der Waals surface area contributed by atoms with Gasteiger partial charge in [-0.15, -0.1) is 0 Å². The molecule has 0 aliphatic rings. The highest BCUT2D eigenvalue weighted by Gasteiger charge is 2.04. The maximum atomic E-state index is 8.79. The summed E-state index contributed by atoms with van der Waals surface area (Å²) in [6.45, 7) is 0. The van der Waals surface area contributed by atoms with E-state index in [1.54, 1.807) is 36.4 Å². The van der Waals surface area contributed by atoms with E-state index in [4.69, 9.17) is 34.2 Å². The van der Waals surface area contributed by atoms with Crippen LogP contribution in [-0.2, 0) is 0 Å². The minimum atomic E-state index is 0.424. The van der Waals surface area contributed by atoms with E-state index in [2.05, 4.69) is 5.32 Å². The summed E-state index contributed by atoms with van der Waals surface area (Å²) in [7, 11) is 0. The lowest BCUT2D eigenvalue weighted by atomic mass is 10.1. The normalized spacial score (nSPS) is 9.83. The maximum absolute atomic E-state index is 8.79. The van der Waals surface area contributed by atoms with Crippen LogP contribution in [-0.4, -0.2) is 0 Å². The summed E-state index contributed by atoms with van der Waals surface area (Å²) in [6, 6.07) is 12.3. The second-order valence-corrected chi connectivity index (χ2v) is 4.51. The monoisotopic (exact) mass is 277 g/mol. The molecule has 0 amide bonds. The molecule has 90 valence electrons. The van der Waals surface area contributed by atoms with Gasteiger partial charge in [0.2, 0.25) is 0 Å². The van der Waals surface area contributed by atoms with Crippen molar-refractivity contribution in [2.45, 2.75) is 0 Å². The third-order valence-corrected chi connectivity index (χ3v) is 2.93. The molecule has 3 nitrogen and oxygen atoms in total. The van der Waals surface area contributed by atoms with Crippen molar-refractivity contribution in [2.75, 3.05) is 11.1 Å². The van der Waals surface area contributed by atoms with Gasteiger partial charge in [-0.3, -0.25) is 0 Å². The Kier molecular flexibility index (Phi) is 3.61. The topological polar surface area (TPSA) is 61.8 Å². The summed E-state index contributed by atoms with van der Waals surface area (Å²) < 4.78 is 0. The molecule has 0 unspecified atom stereocenters. The molecule has 0 saturated heterocycles. The lowest BCUT2D eigenvalue weighted by molar-refractivity contribution is 1.47. The number of rotatable bonds is 2. The highest BCUT2D eigenvalue weighted by molar-refractivity contribution is 6.36. The number of nitrogen functional groups attached to an aromatic ring is 1. The zero-order valence-electron chi connectivity index (χ0n) is 9.24. The number of hydrogen-bond acceptors (Lipinski definition) is 3. The van der Waals surface area contributed by atoms with Crippen LogP contribution in [0.3, 0.4) is 0 Å². The quantitative estimate of drug-likeness (QED) is 0.809. The second kappa shape index (κ2) is 5.18. The highest BCUT2D eigenvalue weighted by atomic mass is 35.5. The van der Waals surface area contributed by atoms with Crippen molar-refractivity contribution >= 4 is 40.3 Å². The summed E-state index contributed by atoms with van der Waals surface area (Å²) in [4.78, 5) is 0. The molecular weight excluding hydrogens is 269 g/mol. The largest absolute Gasteiger partial charge is 0.398 e. The third kappa shape index (κ3) is 2.67. The number of nitrogens with one attached hydrogen (secondary N) is 1. The number of nitriles is 1. The Bertz CT molecular complexity index is 633. The molecule has 0 bridgehead atoms. The molecule has 2 aromatic carbocycles. The summed E-state index contributed by atoms with van der Waals surface area (Å²) in [5.41, 5.74) is 8.09. The van der Waals surface area contributed by atoms with Crippen LogP contribution in [0.25, 0.3) is 0 Å². The molecule has 2 aromatic rings. The van der Waals surface area contributed by atoms with Gasteiger partial charge in [-0.1, -0.05) is 23.2 Å². The molecule has 0 aromatic heterocycles. The van der Waals surface area contributed by atoms with E-state index >= 15 is 0 Å². The summed E-state index contributed by atoms with van der Waals surface area (Å²) in [5, 5.41) is 13.0. The van der Waals surface area contributed by atoms with Gasteiger partial charge in [0.1, 0.15) is 6.07 Å². The number of benzene rings is 2. The molecule has 2 rings (SSSR count). The molecule has 0 heterocycles. The fourth-order valence-electron chi connectivity index (χ4n) is 1.49. The second-order valence-electron chi connectivity index (χ2n) is 3.66. The predicted molar refractivity (Wildman–Crippen MR) is 75.3 cm³/mol. The highest BCUT2D eigenvalue weighted by Crippen LogP contribution is 2.29. The van der Waals surface area contributed by atoms with E-state index in [0.29, 0.717) is 21.3 Å². The van der Waals surface area contributed by atoms with Crippen LogP contribution in [0.5, 0.6) is 0 Å². The Morgan fingerprint density at radius 1 is 1.11 bits per heavy atom. The first-order valence-corrected chi connectivity index (χ1v) is 5.87. The Balaban J connectivity index is 2.29. The SMILES string of the molecule is N#Cc1ccc(Nc2ccc(Cl)cc2Cl)cc1N. The predicted octanol–water partition coefficient (Wildman–Crippen LogP) is 4.19. The molecule has 0 spiro atoms. The minimum Gasteiger partial charge on any atom is -0.398 e. The van der Waals surface area contributed by atoms with Gasteiger partial charge in [-0.05, 0) is 36.4 Å². The lowest BCUT2D eigenvalue weighted by Crippen LogP contribution is -1.95. The number of hydrogen-bond donors (Lipinski definition) is 2. The maximum Gasteiger partial charge on any atom is 0.101 e. The summed E-state index contributed by atoms with van der Waals surface area (Å²) >= 11 is 11.9. The van der Waals surface area contributed by atoms with Gasteiger partial charge < -0.3 is 11.1 Å². The fraction of sp³-hybridized carbons (Fsp3) is 0. The molecule has 18 heavy (non-hydrogen) atoms. The first-order chi connectivity index (χ1) is 8.60. The van der Waals surface area contributed by atoms with Crippen LogP contribution < -0.4 is 11.1 Å². The zero-order chi connectivity index (χ0) is 13.1. The van der Waals surface area contributed by atoms with Crippen LogP contribution in [0, 0.1) is 11.3 Å². The van der Waals surface area contributed by atoms with E-state index < -0.39 is 0 Å². The van der Waals surface area contributed by atoms with Crippen molar-refractivity contribution in [3.8, 4) is 6.07 Å². The van der Waals surface area contributed by atoms with Crippen molar-refractivity contribution in [2.24, 2.45) is 0 Å². The van der Waals surface area contributed by atoms with Crippen LogP contribution in [0.2, 0.25) is 10.0 Å².